The maximum atomic E-state index is 13.9. The van der Waals surface area contributed by atoms with Crippen molar-refractivity contribution in [2.45, 2.75) is 18.4 Å². The van der Waals surface area contributed by atoms with Gasteiger partial charge >= 0.3 is 5.92 Å². The Kier molecular flexibility index (Phi) is 3.41. The fourth-order valence-electron chi connectivity index (χ4n) is 2.58. The lowest BCUT2D eigenvalue weighted by Gasteiger charge is -2.24. The quantitative estimate of drug-likeness (QED) is 0.802. The molecule has 0 N–H and O–H groups in total. The normalized spacial score (nSPS) is 20.8. The van der Waals surface area contributed by atoms with Crippen molar-refractivity contribution >= 4 is 23.2 Å². The van der Waals surface area contributed by atoms with Crippen molar-refractivity contribution < 1.29 is 13.6 Å². The van der Waals surface area contributed by atoms with Crippen LogP contribution >= 0.6 is 11.6 Å². The van der Waals surface area contributed by atoms with Crippen LogP contribution in [0.4, 0.5) is 14.5 Å². The SMILES string of the molecule is O=C1N(c2ccc(Cl)cc2)C(c2ccccc2)CC1(F)F. The largest absolute Gasteiger partial charge is 0.327 e. The summed E-state index contributed by atoms with van der Waals surface area (Å²) in [5.74, 6) is -4.51. The van der Waals surface area contributed by atoms with Crippen LogP contribution in [0.5, 0.6) is 0 Å². The highest BCUT2D eigenvalue weighted by Crippen LogP contribution is 2.44. The third-order valence-corrected chi connectivity index (χ3v) is 3.83. The van der Waals surface area contributed by atoms with Crippen LogP contribution in [0.3, 0.4) is 0 Å². The third kappa shape index (κ3) is 2.51. The van der Waals surface area contributed by atoms with E-state index in [1.165, 1.54) is 0 Å². The van der Waals surface area contributed by atoms with Gasteiger partial charge in [0.05, 0.1) is 6.04 Å². The molecular formula is C16H12ClF2NO. The van der Waals surface area contributed by atoms with Gasteiger partial charge < -0.3 is 0 Å². The summed E-state index contributed by atoms with van der Waals surface area (Å²) in [7, 11) is 0. The average Bonchev–Trinajstić information content (AvgIpc) is 2.72. The minimum atomic E-state index is -3.35. The lowest BCUT2D eigenvalue weighted by molar-refractivity contribution is -0.137. The number of hydrogen-bond donors (Lipinski definition) is 0. The van der Waals surface area contributed by atoms with Gasteiger partial charge in [-0.1, -0.05) is 41.9 Å². The number of amides is 1. The van der Waals surface area contributed by atoms with Gasteiger partial charge in [0.15, 0.2) is 0 Å². The van der Waals surface area contributed by atoms with Crippen molar-refractivity contribution in [2.75, 3.05) is 4.90 Å². The molecule has 1 aliphatic heterocycles. The Bertz CT molecular complexity index is 658. The molecule has 1 amide bonds. The molecule has 1 aliphatic rings. The van der Waals surface area contributed by atoms with Crippen LogP contribution in [0.25, 0.3) is 0 Å². The maximum absolute atomic E-state index is 13.9. The monoisotopic (exact) mass is 307 g/mol. The highest BCUT2D eigenvalue weighted by molar-refractivity contribution is 6.30. The topological polar surface area (TPSA) is 20.3 Å². The summed E-state index contributed by atoms with van der Waals surface area (Å²) in [5.41, 5.74) is 1.12. The molecule has 2 aromatic rings. The molecular weight excluding hydrogens is 296 g/mol. The molecule has 1 heterocycles. The summed E-state index contributed by atoms with van der Waals surface area (Å²) in [5, 5.41) is 0.494. The zero-order chi connectivity index (χ0) is 15.0. The first-order valence-corrected chi connectivity index (χ1v) is 6.89. The zero-order valence-corrected chi connectivity index (χ0v) is 11.7. The Balaban J connectivity index is 2.05. The molecule has 5 heteroatoms. The van der Waals surface area contributed by atoms with Gasteiger partial charge in [-0.25, -0.2) is 0 Å². The molecule has 0 radical (unpaired) electrons. The summed E-state index contributed by atoms with van der Waals surface area (Å²) in [6, 6.07) is 14.5. The van der Waals surface area contributed by atoms with E-state index in [9.17, 15) is 13.6 Å². The van der Waals surface area contributed by atoms with Gasteiger partial charge in [0.2, 0.25) is 0 Å². The van der Waals surface area contributed by atoms with Gasteiger partial charge in [0, 0.05) is 17.1 Å². The number of nitrogens with zero attached hydrogens (tertiary/aromatic N) is 1. The van der Waals surface area contributed by atoms with E-state index in [0.717, 1.165) is 4.90 Å². The second-order valence-corrected chi connectivity index (χ2v) is 5.42. The molecule has 2 aromatic carbocycles. The summed E-state index contributed by atoms with van der Waals surface area (Å²) in [6.45, 7) is 0. The average molecular weight is 308 g/mol. The zero-order valence-electron chi connectivity index (χ0n) is 11.0. The van der Waals surface area contributed by atoms with Crippen LogP contribution in [0.1, 0.15) is 18.0 Å². The second kappa shape index (κ2) is 5.11. The number of anilines is 1. The van der Waals surface area contributed by atoms with Crippen molar-refractivity contribution in [3.8, 4) is 0 Å². The Hall–Kier alpha value is -1.94. The lowest BCUT2D eigenvalue weighted by atomic mass is 10.0. The molecule has 0 saturated carbocycles. The number of alkyl halides is 2. The van der Waals surface area contributed by atoms with Crippen molar-refractivity contribution in [1.82, 2.24) is 0 Å². The van der Waals surface area contributed by atoms with E-state index >= 15 is 0 Å². The number of halogens is 3. The molecule has 1 atom stereocenters. The fourth-order valence-corrected chi connectivity index (χ4v) is 2.71. The number of carbonyl (C=O) groups excluding carboxylic acids is 1. The molecule has 1 fully saturated rings. The van der Waals surface area contributed by atoms with Gasteiger partial charge in [-0.3, -0.25) is 9.69 Å². The van der Waals surface area contributed by atoms with E-state index in [1.807, 2.05) is 6.07 Å². The van der Waals surface area contributed by atoms with E-state index < -0.39 is 24.3 Å². The van der Waals surface area contributed by atoms with Crippen LogP contribution in [0.2, 0.25) is 5.02 Å². The lowest BCUT2D eigenvalue weighted by Crippen LogP contribution is -2.34. The molecule has 1 saturated heterocycles. The number of rotatable bonds is 2. The fraction of sp³-hybridized carbons (Fsp3) is 0.188. The molecule has 0 aliphatic carbocycles. The molecule has 2 nitrogen and oxygen atoms in total. The van der Waals surface area contributed by atoms with E-state index in [1.54, 1.807) is 48.5 Å². The van der Waals surface area contributed by atoms with Crippen molar-refractivity contribution in [2.24, 2.45) is 0 Å². The van der Waals surface area contributed by atoms with Crippen LogP contribution < -0.4 is 4.90 Å². The molecule has 3 rings (SSSR count). The Morgan fingerprint density at radius 3 is 2.29 bits per heavy atom. The summed E-state index contributed by atoms with van der Waals surface area (Å²) in [4.78, 5) is 13.2. The summed E-state index contributed by atoms with van der Waals surface area (Å²) >= 11 is 5.81. The van der Waals surface area contributed by atoms with Gasteiger partial charge in [-0.05, 0) is 29.8 Å². The highest BCUT2D eigenvalue weighted by Gasteiger charge is 2.54. The number of carbonyl (C=O) groups is 1. The summed E-state index contributed by atoms with van der Waals surface area (Å²) < 4.78 is 27.7. The molecule has 0 aromatic heterocycles. The van der Waals surface area contributed by atoms with Gasteiger partial charge in [-0.2, -0.15) is 8.78 Å². The minimum absolute atomic E-state index is 0.426. The first kappa shape index (κ1) is 14.0. The maximum Gasteiger partial charge on any atom is 0.327 e. The van der Waals surface area contributed by atoms with Crippen LogP contribution in [-0.2, 0) is 4.79 Å². The van der Waals surface area contributed by atoms with Gasteiger partial charge in [-0.15, -0.1) is 0 Å². The predicted molar refractivity (Wildman–Crippen MR) is 77.7 cm³/mol. The smallest absolute Gasteiger partial charge is 0.299 e. The van der Waals surface area contributed by atoms with Crippen molar-refractivity contribution in [3.63, 3.8) is 0 Å². The van der Waals surface area contributed by atoms with E-state index in [2.05, 4.69) is 0 Å². The van der Waals surface area contributed by atoms with Crippen LogP contribution in [0, 0.1) is 0 Å². The van der Waals surface area contributed by atoms with E-state index in [4.69, 9.17) is 11.6 Å². The Morgan fingerprint density at radius 2 is 1.67 bits per heavy atom. The Labute approximate surface area is 125 Å². The molecule has 21 heavy (non-hydrogen) atoms. The van der Waals surface area contributed by atoms with E-state index in [0.29, 0.717) is 16.3 Å². The first-order valence-electron chi connectivity index (χ1n) is 6.51. The predicted octanol–water partition coefficient (Wildman–Crippen LogP) is 4.45. The first-order chi connectivity index (χ1) is 9.99. The molecule has 108 valence electrons. The standard InChI is InChI=1S/C16H12ClF2NO/c17-12-6-8-13(9-7-12)20-14(10-16(18,19)15(20)21)11-4-2-1-3-5-11/h1-9,14H,10H2. The minimum Gasteiger partial charge on any atom is -0.299 e. The molecule has 0 bridgehead atoms. The summed E-state index contributed by atoms with van der Waals surface area (Å²) in [6.07, 6.45) is -0.515. The third-order valence-electron chi connectivity index (χ3n) is 3.58. The van der Waals surface area contributed by atoms with Crippen LogP contribution in [0.15, 0.2) is 54.6 Å². The van der Waals surface area contributed by atoms with E-state index in [-0.39, 0.29) is 0 Å². The van der Waals surface area contributed by atoms with Crippen LogP contribution in [-0.4, -0.2) is 11.8 Å². The highest BCUT2D eigenvalue weighted by atomic mass is 35.5. The number of hydrogen-bond acceptors (Lipinski definition) is 1. The van der Waals surface area contributed by atoms with Crippen molar-refractivity contribution in [3.05, 3.63) is 65.2 Å². The van der Waals surface area contributed by atoms with Crippen molar-refractivity contribution in [1.29, 1.82) is 0 Å². The molecule has 0 spiro atoms. The number of benzene rings is 2. The van der Waals surface area contributed by atoms with Gasteiger partial charge in [0.25, 0.3) is 5.91 Å². The Morgan fingerprint density at radius 1 is 1.05 bits per heavy atom. The second-order valence-electron chi connectivity index (χ2n) is 4.99. The molecule has 1 unspecified atom stereocenters. The van der Waals surface area contributed by atoms with Gasteiger partial charge in [0.1, 0.15) is 0 Å².